The largest absolute Gasteiger partial charge is 0.481 e. The maximum absolute atomic E-state index is 10.4. The fraction of sp³-hybridized carbons (Fsp3) is 0.880. The van der Waals surface area contributed by atoms with Gasteiger partial charge in [0.2, 0.25) is 0 Å². The number of carbonyl (C=O) groups is 3. The lowest BCUT2D eigenvalue weighted by atomic mass is 10.0. The average Bonchev–Trinajstić information content (AvgIpc) is 2.69. The quantitative estimate of drug-likeness (QED) is 0.144. The second-order valence-corrected chi connectivity index (χ2v) is 8.22. The molecule has 0 unspecified atom stereocenters. The van der Waals surface area contributed by atoms with Crippen molar-refractivity contribution in [3.63, 3.8) is 0 Å². The standard InChI is InChI=1S/C21H40O4.C4H8O2/c22-20(23)18-16-14-12-10-8-6-4-2-1-3-5-7-9-11-13-15-17-19-21(24)25;1-3-6-4(2)5/h1-19H2,(H,22,23)(H,24,25);3H2,1-2H3. The highest BCUT2D eigenvalue weighted by molar-refractivity contribution is 5.66. The van der Waals surface area contributed by atoms with E-state index in [1.54, 1.807) is 6.92 Å². The highest BCUT2D eigenvalue weighted by atomic mass is 16.5. The Labute approximate surface area is 190 Å². The summed E-state index contributed by atoms with van der Waals surface area (Å²) in [5.41, 5.74) is 0. The van der Waals surface area contributed by atoms with Crippen LogP contribution in [0.15, 0.2) is 0 Å². The summed E-state index contributed by atoms with van der Waals surface area (Å²) in [6.45, 7) is 3.65. The Morgan fingerprint density at radius 3 is 0.871 bits per heavy atom. The minimum Gasteiger partial charge on any atom is -0.481 e. The van der Waals surface area contributed by atoms with Gasteiger partial charge in [0.15, 0.2) is 0 Å². The van der Waals surface area contributed by atoms with E-state index in [1.165, 1.54) is 90.4 Å². The number of carboxylic acids is 2. The van der Waals surface area contributed by atoms with E-state index in [1.807, 2.05) is 0 Å². The van der Waals surface area contributed by atoms with E-state index < -0.39 is 11.9 Å². The molecule has 0 aliphatic carbocycles. The van der Waals surface area contributed by atoms with Gasteiger partial charge in [0.1, 0.15) is 0 Å². The molecule has 0 atom stereocenters. The van der Waals surface area contributed by atoms with Crippen LogP contribution in [-0.2, 0) is 19.1 Å². The normalized spacial score (nSPS) is 10.3. The van der Waals surface area contributed by atoms with Crippen molar-refractivity contribution in [1.29, 1.82) is 0 Å². The molecule has 0 saturated carbocycles. The fourth-order valence-corrected chi connectivity index (χ4v) is 3.41. The van der Waals surface area contributed by atoms with Gasteiger partial charge in [-0.25, -0.2) is 0 Å². The molecular formula is C25H48O6. The Bertz CT molecular complexity index is 392. The van der Waals surface area contributed by atoms with E-state index in [9.17, 15) is 14.4 Å². The van der Waals surface area contributed by atoms with Gasteiger partial charge in [0.05, 0.1) is 6.61 Å². The molecule has 0 rings (SSSR count). The molecule has 0 aromatic rings. The van der Waals surface area contributed by atoms with Crippen molar-refractivity contribution in [2.45, 2.75) is 136 Å². The van der Waals surface area contributed by atoms with Crippen LogP contribution < -0.4 is 0 Å². The molecule has 0 radical (unpaired) electrons. The Morgan fingerprint density at radius 2 is 0.742 bits per heavy atom. The Hall–Kier alpha value is -1.59. The highest BCUT2D eigenvalue weighted by Crippen LogP contribution is 2.14. The summed E-state index contributed by atoms with van der Waals surface area (Å²) in [7, 11) is 0. The van der Waals surface area contributed by atoms with Crippen molar-refractivity contribution >= 4 is 17.9 Å². The molecule has 6 nitrogen and oxygen atoms in total. The van der Waals surface area contributed by atoms with Gasteiger partial charge in [-0.1, -0.05) is 96.3 Å². The number of rotatable bonds is 21. The third-order valence-electron chi connectivity index (χ3n) is 5.13. The van der Waals surface area contributed by atoms with E-state index in [4.69, 9.17) is 10.2 Å². The fourth-order valence-electron chi connectivity index (χ4n) is 3.41. The van der Waals surface area contributed by atoms with E-state index >= 15 is 0 Å². The van der Waals surface area contributed by atoms with Crippen LogP contribution in [0.2, 0.25) is 0 Å². The first-order chi connectivity index (χ1) is 14.9. The molecule has 0 spiro atoms. The third kappa shape index (κ3) is 36.2. The summed E-state index contributed by atoms with van der Waals surface area (Å²) in [4.78, 5) is 30.6. The van der Waals surface area contributed by atoms with Crippen molar-refractivity contribution < 1.29 is 29.3 Å². The first-order valence-electron chi connectivity index (χ1n) is 12.5. The molecule has 0 saturated heterocycles. The summed E-state index contributed by atoms with van der Waals surface area (Å²) in [5, 5.41) is 17.1. The molecular weight excluding hydrogens is 396 g/mol. The van der Waals surface area contributed by atoms with Gasteiger partial charge in [-0.2, -0.15) is 0 Å². The van der Waals surface area contributed by atoms with Gasteiger partial charge in [-0.3, -0.25) is 14.4 Å². The summed E-state index contributed by atoms with van der Waals surface area (Å²) in [6.07, 6.45) is 21.3. The molecule has 0 aromatic carbocycles. The van der Waals surface area contributed by atoms with E-state index in [0.717, 1.165) is 25.7 Å². The van der Waals surface area contributed by atoms with Gasteiger partial charge in [0.25, 0.3) is 0 Å². The number of hydrogen-bond donors (Lipinski definition) is 2. The lowest BCUT2D eigenvalue weighted by Crippen LogP contribution is -1.95. The van der Waals surface area contributed by atoms with Gasteiger partial charge in [-0.05, 0) is 19.8 Å². The molecule has 0 aliphatic rings. The third-order valence-corrected chi connectivity index (χ3v) is 5.13. The summed E-state index contributed by atoms with van der Waals surface area (Å²) in [6, 6.07) is 0. The Balaban J connectivity index is 0. The van der Waals surface area contributed by atoms with Crippen LogP contribution in [0.25, 0.3) is 0 Å². The predicted molar refractivity (Wildman–Crippen MR) is 125 cm³/mol. The van der Waals surface area contributed by atoms with Crippen LogP contribution in [0.4, 0.5) is 0 Å². The minimum atomic E-state index is -0.671. The molecule has 2 N–H and O–H groups in total. The maximum Gasteiger partial charge on any atom is 0.303 e. The van der Waals surface area contributed by atoms with Crippen LogP contribution in [0.1, 0.15) is 136 Å². The summed E-state index contributed by atoms with van der Waals surface area (Å²) in [5.74, 6) is -1.55. The van der Waals surface area contributed by atoms with Crippen molar-refractivity contribution in [2.75, 3.05) is 6.61 Å². The smallest absolute Gasteiger partial charge is 0.303 e. The van der Waals surface area contributed by atoms with Crippen LogP contribution >= 0.6 is 0 Å². The average molecular weight is 445 g/mol. The molecule has 0 bridgehead atoms. The van der Waals surface area contributed by atoms with Crippen LogP contribution in [-0.4, -0.2) is 34.7 Å². The van der Waals surface area contributed by atoms with E-state index in [2.05, 4.69) is 4.74 Å². The van der Waals surface area contributed by atoms with Gasteiger partial charge >= 0.3 is 17.9 Å². The minimum absolute atomic E-state index is 0.211. The second kappa shape index (κ2) is 26.4. The van der Waals surface area contributed by atoms with Crippen molar-refractivity contribution in [3.8, 4) is 0 Å². The molecule has 0 fully saturated rings. The lowest BCUT2D eigenvalue weighted by molar-refractivity contribution is -0.140. The predicted octanol–water partition coefficient (Wildman–Crippen LogP) is 7.14. The Kier molecular flexibility index (Phi) is 27.0. The molecule has 184 valence electrons. The second-order valence-electron chi connectivity index (χ2n) is 8.22. The highest BCUT2D eigenvalue weighted by Gasteiger charge is 1.98. The first kappa shape index (κ1) is 31.6. The zero-order valence-electron chi connectivity index (χ0n) is 20.2. The monoisotopic (exact) mass is 444 g/mol. The number of unbranched alkanes of at least 4 members (excludes halogenated alkanes) is 16. The SMILES string of the molecule is CCOC(C)=O.O=C(O)CCCCCCCCCCCCCCCCCCCC(=O)O. The number of ether oxygens (including phenoxy) is 1. The van der Waals surface area contributed by atoms with Crippen LogP contribution in [0.5, 0.6) is 0 Å². The number of carboxylic acid groups (broad SMARTS) is 2. The van der Waals surface area contributed by atoms with Crippen molar-refractivity contribution in [3.05, 3.63) is 0 Å². The molecule has 0 amide bonds. The lowest BCUT2D eigenvalue weighted by Gasteiger charge is -2.03. The summed E-state index contributed by atoms with van der Waals surface area (Å²) < 4.78 is 4.40. The molecule has 31 heavy (non-hydrogen) atoms. The maximum atomic E-state index is 10.4. The zero-order valence-corrected chi connectivity index (χ0v) is 20.2. The Morgan fingerprint density at radius 1 is 0.516 bits per heavy atom. The summed E-state index contributed by atoms with van der Waals surface area (Å²) >= 11 is 0. The molecule has 0 heterocycles. The zero-order chi connectivity index (χ0) is 23.6. The number of hydrogen-bond acceptors (Lipinski definition) is 4. The number of aliphatic carboxylic acids is 2. The van der Waals surface area contributed by atoms with Crippen LogP contribution in [0, 0.1) is 0 Å². The molecule has 0 aromatic heterocycles. The van der Waals surface area contributed by atoms with E-state index in [0.29, 0.717) is 19.4 Å². The topological polar surface area (TPSA) is 101 Å². The number of carbonyl (C=O) groups excluding carboxylic acids is 1. The van der Waals surface area contributed by atoms with Crippen LogP contribution in [0.3, 0.4) is 0 Å². The first-order valence-corrected chi connectivity index (χ1v) is 12.5. The molecule has 0 aliphatic heterocycles. The van der Waals surface area contributed by atoms with Gasteiger partial charge in [0, 0.05) is 19.8 Å². The van der Waals surface area contributed by atoms with E-state index in [-0.39, 0.29) is 5.97 Å². The van der Waals surface area contributed by atoms with Crippen molar-refractivity contribution in [2.24, 2.45) is 0 Å². The molecule has 6 heteroatoms. The van der Waals surface area contributed by atoms with Gasteiger partial charge in [-0.15, -0.1) is 0 Å². The number of esters is 1. The van der Waals surface area contributed by atoms with Crippen molar-refractivity contribution in [1.82, 2.24) is 0 Å². The van der Waals surface area contributed by atoms with Gasteiger partial charge < -0.3 is 14.9 Å².